The van der Waals surface area contributed by atoms with E-state index in [0.29, 0.717) is 30.5 Å². The van der Waals surface area contributed by atoms with E-state index in [1.807, 2.05) is 0 Å². The number of anilines is 2. The predicted molar refractivity (Wildman–Crippen MR) is 100 cm³/mol. The molecule has 9 nitrogen and oxygen atoms in total. The number of hydrogen-bond donors (Lipinski definition) is 3. The molecule has 1 saturated carbocycles. The number of nitrogens with zero attached hydrogens (tertiary/aromatic N) is 4. The molecule has 2 aliphatic rings. The summed E-state index contributed by atoms with van der Waals surface area (Å²) in [7, 11) is 0. The highest BCUT2D eigenvalue weighted by Gasteiger charge is 2.28. The first-order valence-electron chi connectivity index (χ1n) is 9.42. The molecule has 154 valence electrons. The van der Waals surface area contributed by atoms with Crippen molar-refractivity contribution in [2.75, 3.05) is 30.0 Å². The first-order chi connectivity index (χ1) is 13.5. The Morgan fingerprint density at radius 2 is 2.07 bits per heavy atom. The summed E-state index contributed by atoms with van der Waals surface area (Å²) in [6, 6.07) is 0. The van der Waals surface area contributed by atoms with Crippen molar-refractivity contribution in [1.82, 2.24) is 20.5 Å². The normalized spacial score (nSPS) is 17.8. The van der Waals surface area contributed by atoms with Gasteiger partial charge in [0.05, 0.1) is 12.5 Å². The Balaban J connectivity index is 1.65. The van der Waals surface area contributed by atoms with E-state index in [2.05, 4.69) is 20.8 Å². The zero-order chi connectivity index (χ0) is 20.1. The Hall–Kier alpha value is -2.20. The van der Waals surface area contributed by atoms with Crippen LogP contribution in [0.2, 0.25) is 5.28 Å². The largest absolute Gasteiger partial charge is 0.354 e. The molecule has 1 aromatic heterocycles. The summed E-state index contributed by atoms with van der Waals surface area (Å²) in [6.45, 7) is 1.22. The van der Waals surface area contributed by atoms with E-state index in [4.69, 9.17) is 11.6 Å². The van der Waals surface area contributed by atoms with Gasteiger partial charge >= 0.3 is 0 Å². The van der Waals surface area contributed by atoms with Gasteiger partial charge in [-0.25, -0.2) is 5.06 Å². The van der Waals surface area contributed by atoms with Gasteiger partial charge in [0.25, 0.3) is 0 Å². The van der Waals surface area contributed by atoms with Gasteiger partial charge in [-0.3, -0.25) is 25.6 Å². The van der Waals surface area contributed by atoms with Gasteiger partial charge in [-0.2, -0.15) is 14.4 Å². The van der Waals surface area contributed by atoms with Crippen molar-refractivity contribution in [1.29, 1.82) is 0 Å². The summed E-state index contributed by atoms with van der Waals surface area (Å²) in [5.41, 5.74) is 4.89. The van der Waals surface area contributed by atoms with Crippen molar-refractivity contribution in [3.63, 3.8) is 0 Å². The fourth-order valence-corrected chi connectivity index (χ4v) is 3.80. The summed E-state index contributed by atoms with van der Waals surface area (Å²) < 4.78 is 14.6. The lowest BCUT2D eigenvalue weighted by Gasteiger charge is -2.32. The number of hydrazine groups is 1. The Bertz CT molecular complexity index is 714. The average Bonchev–Trinajstić information content (AvgIpc) is 3.13. The summed E-state index contributed by atoms with van der Waals surface area (Å²) in [4.78, 5) is 32.8. The van der Waals surface area contributed by atoms with Crippen molar-refractivity contribution in [3.8, 4) is 0 Å². The molecular formula is C17H24ClFN6O3. The number of halogens is 2. The minimum atomic E-state index is -0.701. The van der Waals surface area contributed by atoms with Gasteiger partial charge in [-0.1, -0.05) is 25.7 Å². The standard InChI is InChI=1S/C17H24ClFN6O3/c18-17-20-14(13(19)15(21-17)24-6-3-7-24)22-23-16(27)12(9-25(28)10-26)8-11-4-1-2-5-11/h10-12,28H,1-9H2,(H,23,27)(H,20,21,22). The van der Waals surface area contributed by atoms with E-state index < -0.39 is 17.6 Å². The summed E-state index contributed by atoms with van der Waals surface area (Å²) in [6.07, 6.45) is 5.97. The van der Waals surface area contributed by atoms with E-state index in [-0.39, 0.29) is 29.9 Å². The molecule has 0 spiro atoms. The third kappa shape index (κ3) is 4.99. The molecule has 1 atom stereocenters. The molecule has 2 fully saturated rings. The van der Waals surface area contributed by atoms with Crippen LogP contribution in [-0.4, -0.2) is 52.2 Å². The van der Waals surface area contributed by atoms with Crippen molar-refractivity contribution in [3.05, 3.63) is 11.1 Å². The number of hydrogen-bond acceptors (Lipinski definition) is 7. The minimum Gasteiger partial charge on any atom is -0.354 e. The van der Waals surface area contributed by atoms with Crippen LogP contribution in [0.15, 0.2) is 0 Å². The first kappa shape index (κ1) is 20.5. The molecule has 11 heteroatoms. The minimum absolute atomic E-state index is 0.0907. The smallest absolute Gasteiger partial charge is 0.243 e. The van der Waals surface area contributed by atoms with Crippen LogP contribution in [0.1, 0.15) is 38.5 Å². The first-order valence-corrected chi connectivity index (χ1v) is 9.80. The summed E-state index contributed by atoms with van der Waals surface area (Å²) in [5, 5.41) is 9.82. The van der Waals surface area contributed by atoms with Crippen LogP contribution in [0.5, 0.6) is 0 Å². The van der Waals surface area contributed by atoms with Crippen LogP contribution in [0, 0.1) is 17.7 Å². The molecule has 0 aromatic carbocycles. The molecule has 3 N–H and O–H groups in total. The van der Waals surface area contributed by atoms with E-state index in [0.717, 1.165) is 32.1 Å². The van der Waals surface area contributed by atoms with Crippen LogP contribution in [0.25, 0.3) is 0 Å². The molecular weight excluding hydrogens is 391 g/mol. The zero-order valence-corrected chi connectivity index (χ0v) is 16.2. The Labute approximate surface area is 167 Å². The Kier molecular flexibility index (Phi) is 6.84. The Morgan fingerprint density at radius 3 is 2.68 bits per heavy atom. The highest BCUT2D eigenvalue weighted by atomic mass is 35.5. The molecule has 2 amide bonds. The van der Waals surface area contributed by atoms with Crippen LogP contribution >= 0.6 is 11.6 Å². The number of hydroxylamine groups is 2. The SMILES string of the molecule is O=CN(O)CC(CC1CCCC1)C(=O)NNc1nc(Cl)nc(N2CCC2)c1F. The lowest BCUT2D eigenvalue weighted by atomic mass is 9.92. The molecule has 1 saturated heterocycles. The molecule has 28 heavy (non-hydrogen) atoms. The van der Waals surface area contributed by atoms with Crippen molar-refractivity contribution < 1.29 is 19.2 Å². The topological polar surface area (TPSA) is 111 Å². The molecule has 0 radical (unpaired) electrons. The zero-order valence-electron chi connectivity index (χ0n) is 15.4. The van der Waals surface area contributed by atoms with Crippen molar-refractivity contribution in [2.45, 2.75) is 38.5 Å². The number of carbonyl (C=O) groups is 2. The second-order valence-corrected chi connectivity index (χ2v) is 7.58. The number of amides is 2. The fraction of sp³-hybridized carbons (Fsp3) is 0.647. The number of aromatic nitrogens is 2. The third-order valence-corrected chi connectivity index (χ3v) is 5.43. The Morgan fingerprint density at radius 1 is 1.36 bits per heavy atom. The second kappa shape index (κ2) is 9.33. The number of carbonyl (C=O) groups excluding carboxylic acids is 2. The highest BCUT2D eigenvalue weighted by molar-refractivity contribution is 6.28. The molecule has 0 bridgehead atoms. The molecule has 3 rings (SSSR count). The van der Waals surface area contributed by atoms with Gasteiger partial charge in [0, 0.05) is 13.1 Å². The second-order valence-electron chi connectivity index (χ2n) is 7.24. The number of nitrogens with one attached hydrogen (secondary N) is 2. The fourth-order valence-electron chi connectivity index (χ4n) is 3.63. The molecule has 1 aliphatic heterocycles. The maximum absolute atomic E-state index is 14.6. The van der Waals surface area contributed by atoms with Gasteiger partial charge in [-0.15, -0.1) is 0 Å². The summed E-state index contributed by atoms with van der Waals surface area (Å²) >= 11 is 5.88. The van der Waals surface area contributed by atoms with Gasteiger partial charge in [-0.05, 0) is 30.4 Å². The highest BCUT2D eigenvalue weighted by Crippen LogP contribution is 2.31. The maximum atomic E-state index is 14.6. The number of rotatable bonds is 9. The van der Waals surface area contributed by atoms with Crippen molar-refractivity contribution >= 4 is 35.6 Å². The monoisotopic (exact) mass is 414 g/mol. The molecule has 1 aromatic rings. The quantitative estimate of drug-likeness (QED) is 0.245. The third-order valence-electron chi connectivity index (χ3n) is 5.26. The van der Waals surface area contributed by atoms with Crippen LogP contribution in [0.3, 0.4) is 0 Å². The van der Waals surface area contributed by atoms with E-state index in [9.17, 15) is 19.2 Å². The van der Waals surface area contributed by atoms with E-state index in [1.165, 1.54) is 0 Å². The maximum Gasteiger partial charge on any atom is 0.243 e. The van der Waals surface area contributed by atoms with Gasteiger partial charge < -0.3 is 4.90 Å². The lowest BCUT2D eigenvalue weighted by molar-refractivity contribution is -0.154. The van der Waals surface area contributed by atoms with Gasteiger partial charge in [0.1, 0.15) is 0 Å². The molecule has 2 heterocycles. The van der Waals surface area contributed by atoms with Crippen molar-refractivity contribution in [2.24, 2.45) is 11.8 Å². The predicted octanol–water partition coefficient (Wildman–Crippen LogP) is 1.97. The summed E-state index contributed by atoms with van der Waals surface area (Å²) in [5.74, 6) is -1.58. The van der Waals surface area contributed by atoms with E-state index in [1.54, 1.807) is 4.90 Å². The van der Waals surface area contributed by atoms with Crippen LogP contribution in [0.4, 0.5) is 16.0 Å². The van der Waals surface area contributed by atoms with Crippen LogP contribution in [-0.2, 0) is 9.59 Å². The van der Waals surface area contributed by atoms with Gasteiger partial charge in [0.2, 0.25) is 23.4 Å². The van der Waals surface area contributed by atoms with Crippen LogP contribution < -0.4 is 15.8 Å². The lowest BCUT2D eigenvalue weighted by Crippen LogP contribution is -2.42. The molecule has 1 aliphatic carbocycles. The molecule has 1 unspecified atom stereocenters. The van der Waals surface area contributed by atoms with E-state index >= 15 is 0 Å². The van der Waals surface area contributed by atoms with Gasteiger partial charge in [0.15, 0.2) is 11.6 Å². The average molecular weight is 415 g/mol.